The molecule has 0 saturated heterocycles. The Bertz CT molecular complexity index is 391. The van der Waals surface area contributed by atoms with Crippen molar-refractivity contribution in [3.63, 3.8) is 0 Å². The predicted octanol–water partition coefficient (Wildman–Crippen LogP) is 2.14. The number of pyridine rings is 1. The Labute approximate surface area is 64.7 Å². The monoisotopic (exact) mass is 141 g/mol. The van der Waals surface area contributed by atoms with E-state index in [0.717, 1.165) is 11.9 Å². The van der Waals surface area contributed by atoms with Gasteiger partial charge in [0.25, 0.3) is 0 Å². The van der Waals surface area contributed by atoms with Gasteiger partial charge in [-0.3, -0.25) is 4.98 Å². The van der Waals surface area contributed by atoms with Gasteiger partial charge in [-0.1, -0.05) is 18.2 Å². The molecular formula is C10H7N. The Balaban J connectivity index is 2.51. The van der Waals surface area contributed by atoms with E-state index in [-0.39, 0.29) is 0 Å². The van der Waals surface area contributed by atoms with E-state index in [1.807, 2.05) is 6.07 Å². The molecule has 0 unspecified atom stereocenters. The molecule has 0 saturated carbocycles. The maximum Gasteiger partial charge on any atom is 0.0705 e. The molecule has 1 heterocycles. The number of fused-ring (bicyclic) bond motifs is 2. The Morgan fingerprint density at radius 2 is 2.09 bits per heavy atom. The lowest BCUT2D eigenvalue weighted by Crippen LogP contribution is -1.74. The van der Waals surface area contributed by atoms with Crippen LogP contribution < -0.4 is 0 Å². The molecule has 11 heavy (non-hydrogen) atoms. The van der Waals surface area contributed by atoms with Crippen molar-refractivity contribution in [3.05, 3.63) is 41.6 Å². The number of rotatable bonds is 0. The number of hydrogen-bond donors (Lipinski definition) is 0. The highest BCUT2D eigenvalue weighted by molar-refractivity contribution is 5.81. The van der Waals surface area contributed by atoms with Gasteiger partial charge in [-0.25, -0.2) is 0 Å². The van der Waals surface area contributed by atoms with Gasteiger partial charge in [-0.2, -0.15) is 0 Å². The lowest BCUT2D eigenvalue weighted by atomic mass is 10.2. The van der Waals surface area contributed by atoms with Gasteiger partial charge < -0.3 is 0 Å². The molecule has 1 aromatic carbocycles. The lowest BCUT2D eigenvalue weighted by molar-refractivity contribution is 1.37. The van der Waals surface area contributed by atoms with Crippen LogP contribution >= 0.6 is 0 Å². The zero-order chi connectivity index (χ0) is 7.26. The molecule has 0 fully saturated rings. The summed E-state index contributed by atoms with van der Waals surface area (Å²) in [6.45, 7) is 0. The third-order valence-electron chi connectivity index (χ3n) is 2.13. The fourth-order valence-electron chi connectivity index (χ4n) is 1.43. The molecule has 0 atom stereocenters. The smallest absolute Gasteiger partial charge is 0.0705 e. The molecule has 1 aliphatic rings. The van der Waals surface area contributed by atoms with Crippen molar-refractivity contribution in [1.82, 2.24) is 4.98 Å². The molecule has 0 bridgehead atoms. The van der Waals surface area contributed by atoms with Gasteiger partial charge in [0.1, 0.15) is 0 Å². The largest absolute Gasteiger partial charge is 0.252 e. The third kappa shape index (κ3) is 0.679. The van der Waals surface area contributed by atoms with Crippen LogP contribution in [0.4, 0.5) is 0 Å². The van der Waals surface area contributed by atoms with Crippen molar-refractivity contribution in [1.29, 1.82) is 0 Å². The van der Waals surface area contributed by atoms with Gasteiger partial charge in [0.15, 0.2) is 0 Å². The molecule has 0 amide bonds. The quantitative estimate of drug-likeness (QED) is 0.467. The van der Waals surface area contributed by atoms with Crippen molar-refractivity contribution in [2.75, 3.05) is 0 Å². The average molecular weight is 141 g/mol. The van der Waals surface area contributed by atoms with Gasteiger partial charge in [0, 0.05) is 17.5 Å². The summed E-state index contributed by atoms with van der Waals surface area (Å²) in [5.74, 6) is 0. The molecule has 2 aromatic rings. The Kier molecular flexibility index (Phi) is 0.779. The number of hydrogen-bond acceptors (Lipinski definition) is 1. The van der Waals surface area contributed by atoms with E-state index in [9.17, 15) is 0 Å². The fourth-order valence-corrected chi connectivity index (χ4v) is 1.43. The van der Waals surface area contributed by atoms with Gasteiger partial charge in [-0.05, 0) is 17.7 Å². The van der Waals surface area contributed by atoms with Gasteiger partial charge >= 0.3 is 0 Å². The third-order valence-corrected chi connectivity index (χ3v) is 2.13. The molecule has 1 aromatic heterocycles. The van der Waals surface area contributed by atoms with E-state index < -0.39 is 0 Å². The highest BCUT2D eigenvalue weighted by atomic mass is 14.7. The van der Waals surface area contributed by atoms with Crippen LogP contribution in [0.25, 0.3) is 10.9 Å². The zero-order valence-corrected chi connectivity index (χ0v) is 6.04. The molecular weight excluding hydrogens is 134 g/mol. The summed E-state index contributed by atoms with van der Waals surface area (Å²) in [6.07, 6.45) is 1.11. The molecule has 1 heteroatoms. The van der Waals surface area contributed by atoms with Crippen molar-refractivity contribution in [3.8, 4) is 0 Å². The molecule has 52 valence electrons. The van der Waals surface area contributed by atoms with E-state index in [1.54, 1.807) is 0 Å². The maximum atomic E-state index is 4.47. The Hall–Kier alpha value is -1.37. The molecule has 0 aliphatic heterocycles. The van der Waals surface area contributed by atoms with E-state index >= 15 is 0 Å². The summed E-state index contributed by atoms with van der Waals surface area (Å²) in [7, 11) is 0. The second-order valence-corrected chi connectivity index (χ2v) is 2.96. The van der Waals surface area contributed by atoms with Crippen LogP contribution in [0.3, 0.4) is 0 Å². The van der Waals surface area contributed by atoms with Crippen molar-refractivity contribution in [2.45, 2.75) is 6.42 Å². The molecule has 1 nitrogen and oxygen atoms in total. The number of benzene rings is 1. The minimum absolute atomic E-state index is 1.11. The van der Waals surface area contributed by atoms with Crippen LogP contribution in [-0.4, -0.2) is 4.98 Å². The van der Waals surface area contributed by atoms with Crippen LogP contribution in [0.5, 0.6) is 0 Å². The number of aromatic nitrogens is 1. The molecule has 1 aliphatic carbocycles. The molecule has 0 N–H and O–H groups in total. The fraction of sp³-hybridized carbons (Fsp3) is 0.100. The van der Waals surface area contributed by atoms with E-state index in [4.69, 9.17) is 0 Å². The lowest BCUT2D eigenvalue weighted by Gasteiger charge is -1.91. The maximum absolute atomic E-state index is 4.47. The summed E-state index contributed by atoms with van der Waals surface area (Å²) in [4.78, 5) is 4.47. The van der Waals surface area contributed by atoms with Crippen molar-refractivity contribution in [2.24, 2.45) is 0 Å². The van der Waals surface area contributed by atoms with Crippen LogP contribution in [0.2, 0.25) is 0 Å². The second-order valence-electron chi connectivity index (χ2n) is 2.96. The van der Waals surface area contributed by atoms with Crippen molar-refractivity contribution >= 4 is 10.9 Å². The van der Waals surface area contributed by atoms with Crippen LogP contribution in [-0.2, 0) is 6.42 Å². The van der Waals surface area contributed by atoms with Gasteiger partial charge in [0.05, 0.1) is 5.52 Å². The van der Waals surface area contributed by atoms with Crippen LogP contribution in [0.15, 0.2) is 30.3 Å². The summed E-state index contributed by atoms with van der Waals surface area (Å²) >= 11 is 0. The first kappa shape index (κ1) is 5.30. The Morgan fingerprint density at radius 1 is 1.18 bits per heavy atom. The summed E-state index contributed by atoms with van der Waals surface area (Å²) in [6, 6.07) is 10.5. The minimum atomic E-state index is 1.11. The zero-order valence-electron chi connectivity index (χ0n) is 6.04. The highest BCUT2D eigenvalue weighted by Gasteiger charge is 2.18. The SMILES string of the molecule is c1ccc2nc3c(cc2c1)C3. The Morgan fingerprint density at radius 3 is 3.09 bits per heavy atom. The van der Waals surface area contributed by atoms with E-state index in [2.05, 4.69) is 29.2 Å². The van der Waals surface area contributed by atoms with Crippen LogP contribution in [0.1, 0.15) is 11.3 Å². The van der Waals surface area contributed by atoms with Crippen LogP contribution in [0, 0.1) is 0 Å². The molecule has 0 spiro atoms. The summed E-state index contributed by atoms with van der Waals surface area (Å²) < 4.78 is 0. The first-order valence-corrected chi connectivity index (χ1v) is 3.81. The molecule has 0 radical (unpaired) electrons. The molecule has 3 rings (SSSR count). The predicted molar refractivity (Wildman–Crippen MR) is 44.5 cm³/mol. The van der Waals surface area contributed by atoms with Gasteiger partial charge in [0.2, 0.25) is 0 Å². The van der Waals surface area contributed by atoms with Crippen molar-refractivity contribution < 1.29 is 0 Å². The van der Waals surface area contributed by atoms with E-state index in [1.165, 1.54) is 16.6 Å². The normalized spacial score (nSPS) is 13.1. The minimum Gasteiger partial charge on any atom is -0.252 e. The highest BCUT2D eigenvalue weighted by Crippen LogP contribution is 2.28. The second kappa shape index (κ2) is 1.62. The summed E-state index contributed by atoms with van der Waals surface area (Å²) in [5, 5.41) is 1.27. The van der Waals surface area contributed by atoms with Gasteiger partial charge in [-0.15, -0.1) is 0 Å². The topological polar surface area (TPSA) is 12.9 Å². The number of para-hydroxylation sites is 1. The standard InChI is InChI=1S/C10H7N/c1-2-4-9-7(3-1)5-8-6-10(8)11-9/h1-5H,6H2. The number of nitrogens with zero attached hydrogens (tertiary/aromatic N) is 1. The van der Waals surface area contributed by atoms with E-state index in [0.29, 0.717) is 0 Å². The summed E-state index contributed by atoms with van der Waals surface area (Å²) in [5.41, 5.74) is 3.83. The average Bonchev–Trinajstić information content (AvgIpc) is 2.77. The first-order valence-electron chi connectivity index (χ1n) is 3.81. The first-order chi connectivity index (χ1) is 5.43.